The molecule has 3 aromatic carbocycles. The zero-order valence-corrected chi connectivity index (χ0v) is 18.2. The summed E-state index contributed by atoms with van der Waals surface area (Å²) in [5.41, 5.74) is 2.52. The molecule has 3 aromatic rings. The molecule has 33 heavy (non-hydrogen) atoms. The van der Waals surface area contributed by atoms with Gasteiger partial charge < -0.3 is 19.7 Å². The van der Waals surface area contributed by atoms with Crippen LogP contribution in [0.15, 0.2) is 60.7 Å². The number of ether oxygens (including phenoxy) is 2. The average Bonchev–Trinajstić information content (AvgIpc) is 2.81. The third-order valence-electron chi connectivity index (χ3n) is 4.71. The molecule has 3 rings (SSSR count). The number of methoxy groups -OCH3 is 1. The molecule has 0 amide bonds. The molecule has 0 aliphatic carbocycles. The van der Waals surface area contributed by atoms with E-state index >= 15 is 0 Å². The Labute approximate surface area is 194 Å². The minimum absolute atomic E-state index is 0.125. The van der Waals surface area contributed by atoms with Crippen molar-refractivity contribution in [3.05, 3.63) is 93.5 Å². The topological polar surface area (TPSA) is 117 Å². The Morgan fingerprint density at radius 3 is 2.03 bits per heavy atom. The summed E-state index contributed by atoms with van der Waals surface area (Å²) < 4.78 is 11.2. The fraction of sp³-hybridized carbons (Fsp3) is 0.0800. The van der Waals surface area contributed by atoms with Crippen molar-refractivity contribution in [3.8, 4) is 17.6 Å². The Morgan fingerprint density at radius 1 is 0.970 bits per heavy atom. The molecule has 0 radical (unpaired) electrons. The minimum atomic E-state index is -1.05. The van der Waals surface area contributed by atoms with Crippen LogP contribution in [0, 0.1) is 11.3 Å². The van der Waals surface area contributed by atoms with Crippen LogP contribution in [-0.4, -0.2) is 29.3 Å². The largest absolute Gasteiger partial charge is 0.493 e. The van der Waals surface area contributed by atoms with Crippen molar-refractivity contribution in [3.63, 3.8) is 0 Å². The van der Waals surface area contributed by atoms with E-state index in [1.54, 1.807) is 42.5 Å². The molecule has 0 bridgehead atoms. The van der Waals surface area contributed by atoms with E-state index in [0.717, 1.165) is 5.56 Å². The van der Waals surface area contributed by atoms with E-state index in [0.29, 0.717) is 28.2 Å². The molecule has 8 heteroatoms. The predicted octanol–water partition coefficient (Wildman–Crippen LogP) is 5.39. The molecule has 0 aromatic heterocycles. The van der Waals surface area contributed by atoms with E-state index in [-0.39, 0.29) is 22.8 Å². The van der Waals surface area contributed by atoms with Gasteiger partial charge >= 0.3 is 11.9 Å². The van der Waals surface area contributed by atoms with E-state index in [2.05, 4.69) is 6.07 Å². The number of aromatic carboxylic acids is 2. The van der Waals surface area contributed by atoms with Gasteiger partial charge in [0.1, 0.15) is 6.61 Å². The number of carbonyl (C=O) groups is 2. The highest BCUT2D eigenvalue weighted by molar-refractivity contribution is 6.32. The first kappa shape index (κ1) is 23.4. The lowest BCUT2D eigenvalue weighted by Crippen LogP contribution is -2.00. The molecular formula is C25H18ClNO6. The second-order valence-corrected chi connectivity index (χ2v) is 7.28. The average molecular weight is 464 g/mol. The maximum absolute atomic E-state index is 11.0. The van der Waals surface area contributed by atoms with E-state index in [1.807, 2.05) is 0 Å². The SMILES string of the molecule is COc1cc(/C=C(/C#N)c2ccc(C(=O)O)cc2)cc(Cl)c1OCc1ccc(C(=O)O)cc1. The van der Waals surface area contributed by atoms with Crippen molar-refractivity contribution in [2.75, 3.05) is 7.11 Å². The maximum Gasteiger partial charge on any atom is 0.335 e. The Balaban J connectivity index is 1.84. The number of nitrogens with zero attached hydrogens (tertiary/aromatic N) is 1. The van der Waals surface area contributed by atoms with Gasteiger partial charge in [-0.15, -0.1) is 0 Å². The maximum atomic E-state index is 11.0. The summed E-state index contributed by atoms with van der Waals surface area (Å²) in [4.78, 5) is 22.0. The number of allylic oxidation sites excluding steroid dienone is 1. The number of carboxylic acid groups (broad SMARTS) is 2. The molecule has 0 aliphatic heterocycles. The van der Waals surface area contributed by atoms with Crippen molar-refractivity contribution in [1.29, 1.82) is 5.26 Å². The lowest BCUT2D eigenvalue weighted by atomic mass is 10.0. The van der Waals surface area contributed by atoms with Gasteiger partial charge in [0, 0.05) is 0 Å². The van der Waals surface area contributed by atoms with Gasteiger partial charge in [0.2, 0.25) is 0 Å². The first-order valence-electron chi connectivity index (χ1n) is 9.60. The van der Waals surface area contributed by atoms with Crippen molar-refractivity contribution in [1.82, 2.24) is 0 Å². The monoisotopic (exact) mass is 463 g/mol. The van der Waals surface area contributed by atoms with Crippen LogP contribution in [0.1, 0.15) is 37.4 Å². The number of hydrogen-bond donors (Lipinski definition) is 2. The second-order valence-electron chi connectivity index (χ2n) is 6.88. The van der Waals surface area contributed by atoms with Gasteiger partial charge in [-0.2, -0.15) is 5.26 Å². The number of hydrogen-bond acceptors (Lipinski definition) is 5. The van der Waals surface area contributed by atoms with Gasteiger partial charge in [0.25, 0.3) is 0 Å². The van der Waals surface area contributed by atoms with E-state index in [1.165, 1.54) is 31.4 Å². The number of benzene rings is 3. The highest BCUT2D eigenvalue weighted by Crippen LogP contribution is 2.38. The minimum Gasteiger partial charge on any atom is -0.493 e. The van der Waals surface area contributed by atoms with E-state index in [9.17, 15) is 14.9 Å². The lowest BCUT2D eigenvalue weighted by Gasteiger charge is -2.14. The third kappa shape index (κ3) is 5.70. The van der Waals surface area contributed by atoms with Crippen LogP contribution in [-0.2, 0) is 6.61 Å². The van der Waals surface area contributed by atoms with Crippen LogP contribution in [0.4, 0.5) is 0 Å². The fourth-order valence-electron chi connectivity index (χ4n) is 3.00. The summed E-state index contributed by atoms with van der Waals surface area (Å²) in [7, 11) is 1.46. The molecule has 0 unspecified atom stereocenters. The molecule has 0 saturated heterocycles. The van der Waals surface area contributed by atoms with Crippen LogP contribution >= 0.6 is 11.6 Å². The second kappa shape index (κ2) is 10.4. The number of nitriles is 1. The summed E-state index contributed by atoms with van der Waals surface area (Å²) in [6.07, 6.45) is 1.61. The smallest absolute Gasteiger partial charge is 0.335 e. The van der Waals surface area contributed by atoms with Crippen molar-refractivity contribution in [2.45, 2.75) is 6.61 Å². The molecule has 7 nitrogen and oxygen atoms in total. The molecule has 0 spiro atoms. The Morgan fingerprint density at radius 2 is 1.52 bits per heavy atom. The molecule has 0 saturated carbocycles. The van der Waals surface area contributed by atoms with Gasteiger partial charge in [0.05, 0.1) is 34.9 Å². The highest BCUT2D eigenvalue weighted by atomic mass is 35.5. The van der Waals surface area contributed by atoms with Gasteiger partial charge in [-0.25, -0.2) is 9.59 Å². The van der Waals surface area contributed by atoms with Crippen LogP contribution < -0.4 is 9.47 Å². The third-order valence-corrected chi connectivity index (χ3v) is 4.99. The lowest BCUT2D eigenvalue weighted by molar-refractivity contribution is 0.0686. The van der Waals surface area contributed by atoms with E-state index < -0.39 is 11.9 Å². The van der Waals surface area contributed by atoms with Gasteiger partial charge in [-0.05, 0) is 59.2 Å². The number of halogens is 1. The molecule has 0 heterocycles. The molecule has 0 aliphatic rings. The summed E-state index contributed by atoms with van der Waals surface area (Å²) in [5.74, 6) is -1.39. The number of carboxylic acids is 2. The molecular weight excluding hydrogens is 446 g/mol. The predicted molar refractivity (Wildman–Crippen MR) is 123 cm³/mol. The Kier molecular flexibility index (Phi) is 7.34. The van der Waals surface area contributed by atoms with Gasteiger partial charge in [-0.3, -0.25) is 0 Å². The summed E-state index contributed by atoms with van der Waals surface area (Å²) >= 11 is 6.41. The quantitative estimate of drug-likeness (QED) is 0.340. The van der Waals surface area contributed by atoms with Crippen LogP contribution in [0.3, 0.4) is 0 Å². The standard InChI is InChI=1S/C25H18ClNO6/c1-32-22-12-16(10-20(13-27)17-6-8-19(9-7-17)25(30)31)11-21(26)23(22)33-14-15-2-4-18(5-3-15)24(28)29/h2-12H,14H2,1H3,(H,28,29)(H,30,31)/b20-10-. The Bertz CT molecular complexity index is 1260. The molecule has 166 valence electrons. The highest BCUT2D eigenvalue weighted by Gasteiger charge is 2.13. The van der Waals surface area contributed by atoms with Crippen LogP contribution in [0.25, 0.3) is 11.6 Å². The first-order chi connectivity index (χ1) is 15.8. The zero-order valence-electron chi connectivity index (χ0n) is 17.4. The number of rotatable bonds is 8. The summed E-state index contributed by atoms with van der Waals surface area (Å²) in [6.45, 7) is 0.143. The van der Waals surface area contributed by atoms with Crippen LogP contribution in [0.5, 0.6) is 11.5 Å². The van der Waals surface area contributed by atoms with Crippen molar-refractivity contribution < 1.29 is 29.3 Å². The van der Waals surface area contributed by atoms with Crippen LogP contribution in [0.2, 0.25) is 5.02 Å². The summed E-state index contributed by atoms with van der Waals surface area (Å²) in [5, 5.41) is 27.9. The molecule has 0 atom stereocenters. The van der Waals surface area contributed by atoms with Gasteiger partial charge in [0.15, 0.2) is 11.5 Å². The van der Waals surface area contributed by atoms with E-state index in [4.69, 9.17) is 31.3 Å². The fourth-order valence-corrected chi connectivity index (χ4v) is 3.28. The van der Waals surface area contributed by atoms with Gasteiger partial charge in [-0.1, -0.05) is 35.9 Å². The Hall–Kier alpha value is -4.28. The first-order valence-corrected chi connectivity index (χ1v) is 9.98. The molecule has 0 fully saturated rings. The normalized spacial score (nSPS) is 10.9. The van der Waals surface area contributed by atoms with Crippen molar-refractivity contribution >= 4 is 35.2 Å². The van der Waals surface area contributed by atoms with Crippen molar-refractivity contribution in [2.24, 2.45) is 0 Å². The zero-order chi connectivity index (χ0) is 24.0. The summed E-state index contributed by atoms with van der Waals surface area (Å²) in [6, 6.07) is 17.6. The molecule has 2 N–H and O–H groups in total.